The first-order chi connectivity index (χ1) is 12.3. The zero-order chi connectivity index (χ0) is 18.9. The number of esters is 1. The van der Waals surface area contributed by atoms with Gasteiger partial charge in [-0.25, -0.2) is 8.42 Å². The molecule has 0 spiro atoms. The summed E-state index contributed by atoms with van der Waals surface area (Å²) < 4.78 is 28.4. The van der Waals surface area contributed by atoms with Crippen molar-refractivity contribution >= 4 is 31.4 Å². The summed E-state index contributed by atoms with van der Waals surface area (Å²) in [7, 11) is 1.55. The standard InChI is InChI=1S/C17H16ClNO6S/c18-26(23,24)14-7-3-12-4-8-15(16(12)9-14)17(20)25-10-11-1-5-13(6-2-11)19(21)22/h1-3,5-7,9,12,15-16H,4,8,10H2. The van der Waals surface area contributed by atoms with Crippen molar-refractivity contribution in [1.82, 2.24) is 0 Å². The minimum Gasteiger partial charge on any atom is -0.461 e. The molecule has 7 nitrogen and oxygen atoms in total. The minimum absolute atomic E-state index is 0.00489. The lowest BCUT2D eigenvalue weighted by atomic mass is 9.86. The summed E-state index contributed by atoms with van der Waals surface area (Å²) >= 11 is 0. The Bertz CT molecular complexity index is 890. The quantitative estimate of drug-likeness (QED) is 0.327. The zero-order valence-electron chi connectivity index (χ0n) is 13.6. The number of ether oxygens (including phenoxy) is 1. The number of nitro benzene ring substituents is 1. The monoisotopic (exact) mass is 397 g/mol. The Kier molecular flexibility index (Phi) is 5.15. The summed E-state index contributed by atoms with van der Waals surface area (Å²) in [6.07, 6.45) is 6.17. The second-order valence-electron chi connectivity index (χ2n) is 6.32. The fourth-order valence-corrected chi connectivity index (χ4v) is 4.27. The normalized spacial score (nSPS) is 24.7. The van der Waals surface area contributed by atoms with E-state index in [0.717, 1.165) is 6.42 Å². The largest absolute Gasteiger partial charge is 0.461 e. The van der Waals surface area contributed by atoms with Crippen molar-refractivity contribution in [1.29, 1.82) is 0 Å². The molecule has 0 radical (unpaired) electrons. The Morgan fingerprint density at radius 2 is 1.96 bits per heavy atom. The SMILES string of the molecule is O=C(OCc1ccc([N+](=O)[O-])cc1)C1CCC2C=CC(S(=O)(=O)Cl)=CC21. The van der Waals surface area contributed by atoms with Crippen LogP contribution in [0.4, 0.5) is 5.69 Å². The highest BCUT2D eigenvalue weighted by atomic mass is 35.7. The Morgan fingerprint density at radius 3 is 2.58 bits per heavy atom. The predicted molar refractivity (Wildman–Crippen MR) is 94.6 cm³/mol. The van der Waals surface area contributed by atoms with Gasteiger partial charge in [0.1, 0.15) is 6.61 Å². The Labute approximate surface area is 154 Å². The highest BCUT2D eigenvalue weighted by Crippen LogP contribution is 2.43. The molecule has 1 fully saturated rings. The van der Waals surface area contributed by atoms with E-state index in [1.165, 1.54) is 36.4 Å². The van der Waals surface area contributed by atoms with E-state index >= 15 is 0 Å². The Balaban J connectivity index is 1.66. The van der Waals surface area contributed by atoms with Gasteiger partial charge in [0.2, 0.25) is 0 Å². The Hall–Kier alpha value is -2.19. The summed E-state index contributed by atoms with van der Waals surface area (Å²) in [6, 6.07) is 5.76. The minimum atomic E-state index is -3.84. The number of nitrogens with zero attached hydrogens (tertiary/aromatic N) is 1. The number of allylic oxidation sites excluding steroid dienone is 3. The van der Waals surface area contributed by atoms with Crippen molar-refractivity contribution < 1.29 is 22.9 Å². The highest BCUT2D eigenvalue weighted by Gasteiger charge is 2.41. The van der Waals surface area contributed by atoms with E-state index in [-0.39, 0.29) is 29.0 Å². The van der Waals surface area contributed by atoms with E-state index in [0.29, 0.717) is 12.0 Å². The lowest BCUT2D eigenvalue weighted by Gasteiger charge is -2.22. The second kappa shape index (κ2) is 7.20. The van der Waals surface area contributed by atoms with Crippen molar-refractivity contribution in [2.24, 2.45) is 17.8 Å². The molecule has 1 aromatic carbocycles. The maximum atomic E-state index is 12.4. The summed E-state index contributed by atoms with van der Waals surface area (Å²) in [6.45, 7) is 0.00489. The van der Waals surface area contributed by atoms with E-state index in [4.69, 9.17) is 15.4 Å². The molecule has 0 N–H and O–H groups in total. The van der Waals surface area contributed by atoms with Crippen LogP contribution in [-0.4, -0.2) is 19.3 Å². The number of fused-ring (bicyclic) bond motifs is 1. The van der Waals surface area contributed by atoms with Gasteiger partial charge in [-0.05, 0) is 48.4 Å². The van der Waals surface area contributed by atoms with Gasteiger partial charge >= 0.3 is 5.97 Å². The molecule has 2 aliphatic rings. The number of rotatable bonds is 5. The molecule has 3 rings (SSSR count). The fourth-order valence-electron chi connectivity index (χ4n) is 3.40. The first kappa shape index (κ1) is 18.6. The molecule has 3 unspecified atom stereocenters. The predicted octanol–water partition coefficient (Wildman–Crippen LogP) is 3.30. The van der Waals surface area contributed by atoms with Crippen LogP contribution >= 0.6 is 10.7 Å². The first-order valence-corrected chi connectivity index (χ1v) is 10.3. The van der Waals surface area contributed by atoms with Gasteiger partial charge in [0, 0.05) is 22.8 Å². The van der Waals surface area contributed by atoms with Crippen LogP contribution in [0, 0.1) is 27.9 Å². The molecule has 1 aromatic rings. The lowest BCUT2D eigenvalue weighted by molar-refractivity contribution is -0.384. The average molecular weight is 398 g/mol. The van der Waals surface area contributed by atoms with E-state index < -0.39 is 25.9 Å². The number of carbonyl (C=O) groups is 1. The molecule has 138 valence electrons. The number of nitro groups is 1. The van der Waals surface area contributed by atoms with E-state index in [2.05, 4.69) is 0 Å². The number of non-ortho nitro benzene ring substituents is 1. The summed E-state index contributed by atoms with van der Waals surface area (Å²) in [4.78, 5) is 22.6. The van der Waals surface area contributed by atoms with Gasteiger partial charge < -0.3 is 4.74 Å². The molecule has 9 heteroatoms. The molecule has 0 aliphatic heterocycles. The number of hydrogen-bond acceptors (Lipinski definition) is 6. The van der Waals surface area contributed by atoms with Gasteiger partial charge in [-0.2, -0.15) is 0 Å². The van der Waals surface area contributed by atoms with Crippen molar-refractivity contribution in [2.75, 3.05) is 0 Å². The molecule has 26 heavy (non-hydrogen) atoms. The van der Waals surface area contributed by atoms with Gasteiger partial charge in [0.25, 0.3) is 14.7 Å². The molecule has 1 saturated carbocycles. The van der Waals surface area contributed by atoms with Crippen LogP contribution in [0.2, 0.25) is 0 Å². The van der Waals surface area contributed by atoms with Gasteiger partial charge in [-0.15, -0.1) is 0 Å². The van der Waals surface area contributed by atoms with Gasteiger partial charge in [-0.1, -0.05) is 12.2 Å². The smallest absolute Gasteiger partial charge is 0.309 e. The Morgan fingerprint density at radius 1 is 1.27 bits per heavy atom. The van der Waals surface area contributed by atoms with Crippen LogP contribution < -0.4 is 0 Å². The summed E-state index contributed by atoms with van der Waals surface area (Å²) in [5, 5.41) is 10.6. The lowest BCUT2D eigenvalue weighted by Crippen LogP contribution is -2.24. The van der Waals surface area contributed by atoms with E-state index in [1.54, 1.807) is 6.08 Å². The molecule has 0 amide bonds. The third kappa shape index (κ3) is 3.96. The number of carbonyl (C=O) groups excluding carboxylic acids is 1. The first-order valence-electron chi connectivity index (χ1n) is 8.00. The van der Waals surface area contributed by atoms with Crippen molar-refractivity contribution in [3.8, 4) is 0 Å². The molecule has 0 saturated heterocycles. The number of hydrogen-bond donors (Lipinski definition) is 0. The summed E-state index contributed by atoms with van der Waals surface area (Å²) in [5.41, 5.74) is 0.606. The molecule has 0 heterocycles. The van der Waals surface area contributed by atoms with Gasteiger partial charge in [-0.3, -0.25) is 14.9 Å². The van der Waals surface area contributed by atoms with Crippen molar-refractivity contribution in [3.05, 3.63) is 63.1 Å². The third-order valence-electron chi connectivity index (χ3n) is 4.75. The molecular formula is C17H16ClNO6S. The van der Waals surface area contributed by atoms with Crippen molar-refractivity contribution in [2.45, 2.75) is 19.4 Å². The topological polar surface area (TPSA) is 104 Å². The molecule has 3 atom stereocenters. The van der Waals surface area contributed by atoms with E-state index in [1.807, 2.05) is 0 Å². The summed E-state index contributed by atoms with van der Waals surface area (Å²) in [5.74, 6) is -1.01. The molecule has 0 bridgehead atoms. The molecule has 0 aromatic heterocycles. The number of halogens is 1. The third-order valence-corrected chi connectivity index (χ3v) is 6.12. The van der Waals surface area contributed by atoms with Gasteiger partial charge in [0.15, 0.2) is 0 Å². The maximum absolute atomic E-state index is 12.4. The van der Waals surface area contributed by atoms with Crippen LogP contribution in [0.25, 0.3) is 0 Å². The molecule has 2 aliphatic carbocycles. The number of benzene rings is 1. The van der Waals surface area contributed by atoms with Gasteiger partial charge in [0.05, 0.1) is 15.7 Å². The van der Waals surface area contributed by atoms with Crippen LogP contribution in [0.3, 0.4) is 0 Å². The van der Waals surface area contributed by atoms with Crippen LogP contribution in [0.1, 0.15) is 18.4 Å². The molecular weight excluding hydrogens is 382 g/mol. The fraction of sp³-hybridized carbons (Fsp3) is 0.353. The zero-order valence-corrected chi connectivity index (χ0v) is 15.2. The second-order valence-corrected chi connectivity index (χ2v) is 8.89. The van der Waals surface area contributed by atoms with Crippen LogP contribution in [0.5, 0.6) is 0 Å². The van der Waals surface area contributed by atoms with Crippen LogP contribution in [-0.2, 0) is 25.2 Å². The van der Waals surface area contributed by atoms with Crippen molar-refractivity contribution in [3.63, 3.8) is 0 Å². The van der Waals surface area contributed by atoms with Crippen LogP contribution in [0.15, 0.2) is 47.4 Å². The average Bonchev–Trinajstić information content (AvgIpc) is 3.02. The highest BCUT2D eigenvalue weighted by molar-refractivity contribution is 8.17. The maximum Gasteiger partial charge on any atom is 0.309 e. The van der Waals surface area contributed by atoms with E-state index in [9.17, 15) is 23.3 Å².